The van der Waals surface area contributed by atoms with E-state index in [2.05, 4.69) is 174 Å². The molecular weight excluding hydrogens is 705 g/mol. The lowest BCUT2D eigenvalue weighted by molar-refractivity contribution is 0.661. The first-order valence-corrected chi connectivity index (χ1v) is 19.8. The normalized spacial score (nSPS) is 12.8. The number of fused-ring (bicyclic) bond motifs is 6. The van der Waals surface area contributed by atoms with Crippen molar-refractivity contribution in [2.24, 2.45) is 0 Å². The van der Waals surface area contributed by atoms with Gasteiger partial charge < -0.3 is 4.57 Å². The van der Waals surface area contributed by atoms with E-state index in [9.17, 15) is 0 Å². The third kappa shape index (κ3) is 5.56. The first-order valence-electron chi connectivity index (χ1n) is 19.8. The summed E-state index contributed by atoms with van der Waals surface area (Å²) >= 11 is 0. The van der Waals surface area contributed by atoms with Gasteiger partial charge in [0.05, 0.1) is 22.4 Å². The van der Waals surface area contributed by atoms with E-state index in [-0.39, 0.29) is 5.41 Å². The Hall–Kier alpha value is -7.43. The molecule has 0 spiro atoms. The number of aromatic nitrogens is 4. The van der Waals surface area contributed by atoms with Gasteiger partial charge in [-0.1, -0.05) is 111 Å². The maximum Gasteiger partial charge on any atom is 0.0716 e. The number of rotatable bonds is 6. The van der Waals surface area contributed by atoms with E-state index in [1.165, 1.54) is 72.0 Å². The van der Waals surface area contributed by atoms with Gasteiger partial charge in [0, 0.05) is 57.8 Å². The highest BCUT2D eigenvalue weighted by atomic mass is 15.0. The molecule has 6 aromatic carbocycles. The van der Waals surface area contributed by atoms with Crippen molar-refractivity contribution >= 4 is 21.8 Å². The summed E-state index contributed by atoms with van der Waals surface area (Å²) in [5, 5.41) is 2.55. The maximum atomic E-state index is 5.03. The average Bonchev–Trinajstić information content (AvgIpc) is 3.74. The van der Waals surface area contributed by atoms with Crippen molar-refractivity contribution in [3.63, 3.8) is 0 Å². The van der Waals surface area contributed by atoms with Crippen molar-refractivity contribution < 1.29 is 0 Å². The summed E-state index contributed by atoms with van der Waals surface area (Å²) in [6.07, 6.45) is 7.25. The number of nitrogens with zero attached hydrogens (tertiary/aromatic N) is 4. The average molecular weight is 743 g/mol. The van der Waals surface area contributed by atoms with Crippen molar-refractivity contribution in [3.8, 4) is 72.7 Å². The van der Waals surface area contributed by atoms with Gasteiger partial charge in [-0.3, -0.25) is 9.97 Å². The molecule has 1 aliphatic rings. The zero-order valence-corrected chi connectivity index (χ0v) is 32.3. The van der Waals surface area contributed by atoms with Crippen molar-refractivity contribution in [2.45, 2.75) is 19.3 Å². The van der Waals surface area contributed by atoms with Crippen LogP contribution in [0.25, 0.3) is 94.5 Å². The molecule has 0 atom stereocenters. The highest BCUT2D eigenvalue weighted by Gasteiger charge is 2.36. The highest BCUT2D eigenvalue weighted by Crippen LogP contribution is 2.51. The van der Waals surface area contributed by atoms with E-state index in [1.54, 1.807) is 0 Å². The lowest BCUT2D eigenvalue weighted by atomic mass is 9.81. The van der Waals surface area contributed by atoms with E-state index < -0.39 is 0 Å². The van der Waals surface area contributed by atoms with Crippen LogP contribution in [0.3, 0.4) is 0 Å². The Morgan fingerprint density at radius 1 is 0.379 bits per heavy atom. The lowest BCUT2D eigenvalue weighted by Crippen LogP contribution is -2.15. The zero-order valence-electron chi connectivity index (χ0n) is 32.3. The topological polar surface area (TPSA) is 43.6 Å². The van der Waals surface area contributed by atoms with Gasteiger partial charge >= 0.3 is 0 Å². The van der Waals surface area contributed by atoms with Crippen LogP contribution >= 0.6 is 0 Å². The molecule has 0 unspecified atom stereocenters. The van der Waals surface area contributed by atoms with Gasteiger partial charge in [-0.15, -0.1) is 0 Å². The van der Waals surface area contributed by atoms with E-state index in [0.717, 1.165) is 33.6 Å². The number of benzene rings is 6. The molecule has 4 heteroatoms. The molecule has 11 rings (SSSR count). The second-order valence-corrected chi connectivity index (χ2v) is 15.7. The van der Waals surface area contributed by atoms with Crippen LogP contribution < -0.4 is 0 Å². The molecule has 10 aromatic rings. The molecule has 0 amide bonds. The molecule has 274 valence electrons. The first kappa shape index (κ1) is 33.9. The molecule has 0 saturated carbocycles. The van der Waals surface area contributed by atoms with E-state index in [1.807, 2.05) is 49.1 Å². The van der Waals surface area contributed by atoms with E-state index >= 15 is 0 Å². The predicted octanol–water partition coefficient (Wildman–Crippen LogP) is 13.6. The Bertz CT molecular complexity index is 3070. The Morgan fingerprint density at radius 3 is 1.40 bits per heavy atom. The summed E-state index contributed by atoms with van der Waals surface area (Å²) in [4.78, 5) is 13.5. The smallest absolute Gasteiger partial charge is 0.0716 e. The highest BCUT2D eigenvalue weighted by molar-refractivity contribution is 6.09. The largest absolute Gasteiger partial charge is 0.309 e. The summed E-state index contributed by atoms with van der Waals surface area (Å²) in [6.45, 7) is 4.74. The van der Waals surface area contributed by atoms with Crippen LogP contribution in [0.2, 0.25) is 0 Å². The van der Waals surface area contributed by atoms with Gasteiger partial charge in [0.15, 0.2) is 0 Å². The number of hydrogen-bond acceptors (Lipinski definition) is 3. The minimum Gasteiger partial charge on any atom is -0.309 e. The van der Waals surface area contributed by atoms with Crippen molar-refractivity contribution in [1.82, 2.24) is 19.5 Å². The minimum atomic E-state index is -0.162. The second-order valence-electron chi connectivity index (χ2n) is 15.7. The van der Waals surface area contributed by atoms with Crippen LogP contribution in [0.4, 0.5) is 0 Å². The van der Waals surface area contributed by atoms with Crippen LogP contribution in [-0.2, 0) is 5.41 Å². The summed E-state index contributed by atoms with van der Waals surface area (Å²) in [5.41, 5.74) is 19.8. The molecule has 0 fully saturated rings. The number of hydrogen-bond donors (Lipinski definition) is 0. The number of para-hydroxylation sites is 2. The monoisotopic (exact) mass is 742 g/mol. The van der Waals surface area contributed by atoms with E-state index in [0.29, 0.717) is 0 Å². The molecule has 0 saturated heterocycles. The summed E-state index contributed by atoms with van der Waals surface area (Å²) in [7, 11) is 0. The first-order chi connectivity index (χ1) is 28.5. The van der Waals surface area contributed by atoms with Crippen molar-refractivity contribution in [3.05, 3.63) is 206 Å². The Morgan fingerprint density at radius 2 is 0.845 bits per heavy atom. The summed E-state index contributed by atoms with van der Waals surface area (Å²) in [5.74, 6) is 0. The number of pyridine rings is 3. The fourth-order valence-corrected chi connectivity index (χ4v) is 9.02. The quantitative estimate of drug-likeness (QED) is 0.170. The van der Waals surface area contributed by atoms with Crippen LogP contribution in [0, 0.1) is 0 Å². The van der Waals surface area contributed by atoms with Gasteiger partial charge in [-0.2, -0.15) is 0 Å². The van der Waals surface area contributed by atoms with Gasteiger partial charge in [-0.05, 0) is 128 Å². The zero-order chi connectivity index (χ0) is 38.8. The predicted molar refractivity (Wildman–Crippen MR) is 239 cm³/mol. The Kier molecular flexibility index (Phi) is 7.80. The summed E-state index contributed by atoms with van der Waals surface area (Å²) in [6, 6.07) is 61.7. The van der Waals surface area contributed by atoms with Gasteiger partial charge in [0.1, 0.15) is 0 Å². The Labute approximate surface area is 337 Å². The van der Waals surface area contributed by atoms with Gasteiger partial charge in [0.25, 0.3) is 0 Å². The lowest BCUT2D eigenvalue weighted by Gasteiger charge is -2.23. The Balaban J connectivity index is 0.918. The van der Waals surface area contributed by atoms with Gasteiger partial charge in [0.2, 0.25) is 0 Å². The van der Waals surface area contributed by atoms with Crippen molar-refractivity contribution in [1.29, 1.82) is 0 Å². The third-order valence-corrected chi connectivity index (χ3v) is 12.0. The molecule has 0 bridgehead atoms. The fourth-order valence-electron chi connectivity index (χ4n) is 9.02. The van der Waals surface area contributed by atoms with Crippen LogP contribution in [0.1, 0.15) is 25.0 Å². The second kappa shape index (κ2) is 13.4. The molecule has 58 heavy (non-hydrogen) atoms. The van der Waals surface area contributed by atoms with Crippen molar-refractivity contribution in [2.75, 3.05) is 0 Å². The molecule has 0 radical (unpaired) electrons. The molecule has 0 aliphatic heterocycles. The minimum absolute atomic E-state index is 0.162. The third-order valence-electron chi connectivity index (χ3n) is 12.0. The standard InChI is InChI=1S/C54H38N4/c1-54(2)48-31-40(35-14-16-36(17-15-35)42-33-50(37-22-26-55-27-23-37)57-51(34-42)38-24-28-56-29-25-38)18-20-44(48)45-21-19-41(32-49(45)54)39-8-7-9-43(30-39)58-52-12-5-3-10-46(52)47-11-4-6-13-53(47)58/h3-34H,1-2H3. The maximum absolute atomic E-state index is 5.03. The van der Waals surface area contributed by atoms with Gasteiger partial charge in [-0.25, -0.2) is 4.98 Å². The molecule has 4 heterocycles. The van der Waals surface area contributed by atoms with E-state index in [4.69, 9.17) is 4.98 Å². The van der Waals surface area contributed by atoms with Crippen LogP contribution in [-0.4, -0.2) is 19.5 Å². The summed E-state index contributed by atoms with van der Waals surface area (Å²) < 4.78 is 2.40. The molecular formula is C54H38N4. The van der Waals surface area contributed by atoms with Crippen LogP contribution in [0.15, 0.2) is 195 Å². The SMILES string of the molecule is CC1(C)c2cc(-c3ccc(-c4cc(-c5ccncc5)nc(-c5ccncc5)c4)cc3)ccc2-c2ccc(-c3cccc(-n4c5ccccc5c5ccccc54)c3)cc21. The molecule has 4 nitrogen and oxygen atoms in total. The van der Waals surface area contributed by atoms with Crippen LogP contribution in [0.5, 0.6) is 0 Å². The fraction of sp³-hybridized carbons (Fsp3) is 0.0556. The molecule has 4 aromatic heterocycles. The molecule has 0 N–H and O–H groups in total. The molecule has 1 aliphatic carbocycles.